The van der Waals surface area contributed by atoms with Crippen molar-refractivity contribution in [2.75, 3.05) is 11.9 Å². The third kappa shape index (κ3) is 4.00. The highest BCUT2D eigenvalue weighted by Crippen LogP contribution is 2.31. The molecule has 1 amide bonds. The van der Waals surface area contributed by atoms with Crippen LogP contribution >= 0.6 is 15.9 Å². The average molecular weight is 393 g/mol. The van der Waals surface area contributed by atoms with Crippen molar-refractivity contribution in [3.05, 3.63) is 40.8 Å². The molecule has 2 aromatic heterocycles. The first kappa shape index (κ1) is 16.6. The number of nitrogens with zero attached hydrogens (tertiary/aromatic N) is 3. The Hall–Kier alpha value is -2.22. The van der Waals surface area contributed by atoms with Gasteiger partial charge in [-0.2, -0.15) is 5.10 Å². The summed E-state index contributed by atoms with van der Waals surface area (Å²) in [6.45, 7) is -0.360. The molecule has 0 bridgehead atoms. The van der Waals surface area contributed by atoms with Crippen LogP contribution in [0.25, 0.3) is 0 Å². The van der Waals surface area contributed by atoms with Gasteiger partial charge in [0.1, 0.15) is 5.82 Å². The zero-order chi connectivity index (χ0) is 16.9. The lowest BCUT2D eigenvalue weighted by molar-refractivity contribution is -0.119. The van der Waals surface area contributed by atoms with E-state index in [4.69, 9.17) is 4.74 Å². The monoisotopic (exact) mass is 392 g/mol. The van der Waals surface area contributed by atoms with Gasteiger partial charge in [-0.1, -0.05) is 12.8 Å². The summed E-state index contributed by atoms with van der Waals surface area (Å²) in [4.78, 5) is 27.8. The molecule has 2 aromatic rings. The molecule has 1 aliphatic carbocycles. The Labute approximate surface area is 147 Å². The molecule has 1 aliphatic rings. The number of esters is 1. The van der Waals surface area contributed by atoms with Gasteiger partial charge in [-0.05, 0) is 34.8 Å². The molecule has 8 heteroatoms. The summed E-state index contributed by atoms with van der Waals surface area (Å²) in [6, 6.07) is 3.66. The summed E-state index contributed by atoms with van der Waals surface area (Å²) in [7, 11) is 0. The molecule has 0 radical (unpaired) electrons. The summed E-state index contributed by atoms with van der Waals surface area (Å²) >= 11 is 3.23. The second-order valence-electron chi connectivity index (χ2n) is 5.62. The van der Waals surface area contributed by atoms with Gasteiger partial charge in [-0.25, -0.2) is 9.48 Å². The third-order valence-electron chi connectivity index (χ3n) is 3.88. The Kier molecular flexibility index (Phi) is 5.24. The topological polar surface area (TPSA) is 86.1 Å². The first-order valence-corrected chi connectivity index (χ1v) is 8.54. The van der Waals surface area contributed by atoms with Crippen molar-refractivity contribution in [1.29, 1.82) is 0 Å². The Bertz CT molecular complexity index is 740. The Balaban J connectivity index is 1.55. The maximum Gasteiger partial charge on any atom is 0.340 e. The van der Waals surface area contributed by atoms with Gasteiger partial charge in [-0.3, -0.25) is 9.78 Å². The molecular weight excluding hydrogens is 376 g/mol. The molecule has 1 N–H and O–H groups in total. The molecule has 24 heavy (non-hydrogen) atoms. The van der Waals surface area contributed by atoms with Gasteiger partial charge in [0.25, 0.3) is 5.91 Å². The summed E-state index contributed by atoms with van der Waals surface area (Å²) in [5.74, 6) is -0.360. The number of halogens is 1. The molecule has 0 unspecified atom stereocenters. The second-order valence-corrected chi connectivity index (χ2v) is 6.53. The molecule has 1 saturated carbocycles. The molecule has 3 rings (SSSR count). The molecule has 7 nitrogen and oxygen atoms in total. The number of hydrogen-bond acceptors (Lipinski definition) is 5. The number of amides is 1. The number of pyridine rings is 1. The molecule has 0 saturated heterocycles. The van der Waals surface area contributed by atoms with Gasteiger partial charge in [0.05, 0.1) is 17.8 Å². The fraction of sp³-hybridized carbons (Fsp3) is 0.375. The molecule has 0 spiro atoms. The van der Waals surface area contributed by atoms with Crippen LogP contribution in [0.15, 0.2) is 35.2 Å². The smallest absolute Gasteiger partial charge is 0.340 e. The van der Waals surface area contributed by atoms with E-state index in [1.165, 1.54) is 19.0 Å². The minimum atomic E-state index is -0.594. The molecule has 0 atom stereocenters. The van der Waals surface area contributed by atoms with Crippen LogP contribution in [0.5, 0.6) is 0 Å². The van der Waals surface area contributed by atoms with Gasteiger partial charge >= 0.3 is 5.97 Å². The van der Waals surface area contributed by atoms with Crippen molar-refractivity contribution in [1.82, 2.24) is 14.8 Å². The maximum atomic E-state index is 12.0. The Morgan fingerprint density at radius 2 is 2.12 bits per heavy atom. The zero-order valence-corrected chi connectivity index (χ0v) is 14.5. The number of hydrogen-bond donors (Lipinski definition) is 1. The van der Waals surface area contributed by atoms with Crippen molar-refractivity contribution >= 4 is 33.6 Å². The van der Waals surface area contributed by atoms with Crippen LogP contribution in [0.4, 0.5) is 5.82 Å². The SMILES string of the molecule is O=C(COC(=O)c1cncc(Br)c1)Nc1ccnn1C1CCCC1. The van der Waals surface area contributed by atoms with Gasteiger partial charge in [0, 0.05) is 22.9 Å². The second kappa shape index (κ2) is 7.57. The molecule has 0 aromatic carbocycles. The van der Waals surface area contributed by atoms with Crippen LogP contribution in [-0.4, -0.2) is 33.2 Å². The Morgan fingerprint density at radius 1 is 1.33 bits per heavy atom. The zero-order valence-electron chi connectivity index (χ0n) is 12.9. The number of ether oxygens (including phenoxy) is 1. The van der Waals surface area contributed by atoms with Gasteiger partial charge in [0.15, 0.2) is 6.61 Å². The highest BCUT2D eigenvalue weighted by molar-refractivity contribution is 9.10. The highest BCUT2D eigenvalue weighted by atomic mass is 79.9. The first-order chi connectivity index (χ1) is 11.6. The van der Waals surface area contributed by atoms with E-state index >= 15 is 0 Å². The van der Waals surface area contributed by atoms with Gasteiger partial charge in [0.2, 0.25) is 0 Å². The lowest BCUT2D eigenvalue weighted by atomic mass is 10.2. The minimum absolute atomic E-state index is 0.285. The number of carbonyl (C=O) groups excluding carboxylic acids is 2. The van der Waals surface area contributed by atoms with E-state index in [-0.39, 0.29) is 12.2 Å². The van der Waals surface area contributed by atoms with E-state index in [1.54, 1.807) is 24.5 Å². The maximum absolute atomic E-state index is 12.0. The van der Waals surface area contributed by atoms with Crippen molar-refractivity contribution in [3.63, 3.8) is 0 Å². The van der Waals surface area contributed by atoms with Gasteiger partial charge < -0.3 is 10.1 Å². The van der Waals surface area contributed by atoms with E-state index < -0.39 is 11.9 Å². The minimum Gasteiger partial charge on any atom is -0.452 e. The number of aromatic nitrogens is 3. The number of anilines is 1. The predicted octanol–water partition coefficient (Wildman–Crippen LogP) is 2.95. The normalized spacial score (nSPS) is 14.5. The lowest BCUT2D eigenvalue weighted by Crippen LogP contribution is -2.23. The van der Waals surface area contributed by atoms with Crippen LogP contribution in [0.2, 0.25) is 0 Å². The fourth-order valence-corrected chi connectivity index (χ4v) is 3.13. The highest BCUT2D eigenvalue weighted by Gasteiger charge is 2.20. The third-order valence-corrected chi connectivity index (χ3v) is 4.32. The Morgan fingerprint density at radius 3 is 2.88 bits per heavy atom. The van der Waals surface area contributed by atoms with E-state index in [2.05, 4.69) is 31.3 Å². The molecule has 0 aliphatic heterocycles. The first-order valence-electron chi connectivity index (χ1n) is 7.74. The largest absolute Gasteiger partial charge is 0.452 e. The van der Waals surface area contributed by atoms with Crippen LogP contribution in [-0.2, 0) is 9.53 Å². The van der Waals surface area contributed by atoms with Crippen LogP contribution < -0.4 is 5.32 Å². The number of nitrogens with one attached hydrogen (secondary N) is 1. The number of carbonyl (C=O) groups is 2. The molecule has 126 valence electrons. The summed E-state index contributed by atoms with van der Waals surface area (Å²) in [5.41, 5.74) is 0.285. The standard InChI is InChI=1S/C16H17BrN4O3/c17-12-7-11(8-18-9-12)16(23)24-10-15(22)20-14-5-6-19-21(14)13-3-1-2-4-13/h5-9,13H,1-4,10H2,(H,20,22). The predicted molar refractivity (Wildman–Crippen MR) is 90.6 cm³/mol. The van der Waals surface area contributed by atoms with Crippen LogP contribution in [0.3, 0.4) is 0 Å². The number of rotatable bonds is 5. The van der Waals surface area contributed by atoms with Crippen LogP contribution in [0.1, 0.15) is 42.1 Å². The van der Waals surface area contributed by atoms with Crippen molar-refractivity contribution < 1.29 is 14.3 Å². The van der Waals surface area contributed by atoms with Crippen molar-refractivity contribution in [2.24, 2.45) is 0 Å². The van der Waals surface area contributed by atoms with Gasteiger partial charge in [-0.15, -0.1) is 0 Å². The van der Waals surface area contributed by atoms with E-state index in [0.29, 0.717) is 16.3 Å². The van der Waals surface area contributed by atoms with Crippen LogP contribution in [0, 0.1) is 0 Å². The summed E-state index contributed by atoms with van der Waals surface area (Å²) in [6.07, 6.45) is 9.10. The lowest BCUT2D eigenvalue weighted by Gasteiger charge is -2.14. The fourth-order valence-electron chi connectivity index (χ4n) is 2.77. The quantitative estimate of drug-likeness (QED) is 0.790. The van der Waals surface area contributed by atoms with Crippen molar-refractivity contribution in [3.8, 4) is 0 Å². The molecule has 2 heterocycles. The molecule has 1 fully saturated rings. The summed E-state index contributed by atoms with van der Waals surface area (Å²) in [5, 5.41) is 7.03. The molecular formula is C16H17BrN4O3. The van der Waals surface area contributed by atoms with E-state index in [9.17, 15) is 9.59 Å². The van der Waals surface area contributed by atoms with E-state index in [1.807, 2.05) is 4.68 Å². The van der Waals surface area contributed by atoms with Crippen molar-refractivity contribution in [2.45, 2.75) is 31.7 Å². The van der Waals surface area contributed by atoms with E-state index in [0.717, 1.165) is 12.8 Å². The summed E-state index contributed by atoms with van der Waals surface area (Å²) < 4.78 is 7.52. The average Bonchev–Trinajstić information content (AvgIpc) is 3.23.